The molecule has 0 saturated carbocycles. The number of carbonyl (C=O) groups excluding carboxylic acids is 1. The third kappa shape index (κ3) is 5.13. The molecular weight excluding hydrogens is 454 g/mol. The van der Waals surface area contributed by atoms with E-state index in [1.807, 2.05) is 47.4 Å². The van der Waals surface area contributed by atoms with Crippen LogP contribution in [0.15, 0.2) is 54.6 Å². The Labute approximate surface area is 205 Å². The second-order valence-electron chi connectivity index (χ2n) is 7.80. The molecule has 0 aliphatic rings. The molecule has 0 atom stereocenters. The van der Waals surface area contributed by atoms with Crippen molar-refractivity contribution in [2.75, 3.05) is 38.2 Å². The third-order valence-electron chi connectivity index (χ3n) is 5.92. The molecule has 0 fully saturated rings. The van der Waals surface area contributed by atoms with Crippen molar-refractivity contribution in [1.29, 1.82) is 0 Å². The minimum absolute atomic E-state index is 0. The predicted molar refractivity (Wildman–Crippen MR) is 142 cm³/mol. The lowest BCUT2D eigenvalue weighted by molar-refractivity contribution is 0.0981. The highest BCUT2D eigenvalue weighted by molar-refractivity contribution is 7.22. The molecule has 0 unspecified atom stereocenters. The number of carbonyl (C=O) groups is 1. The molecular formula is C26H30ClN3O2S. The monoisotopic (exact) mass is 483 g/mol. The summed E-state index contributed by atoms with van der Waals surface area (Å²) in [6.07, 6.45) is 0. The molecule has 3 aromatic carbocycles. The largest absolute Gasteiger partial charge is 0.496 e. The van der Waals surface area contributed by atoms with Crippen LogP contribution in [-0.2, 0) is 0 Å². The first-order valence-corrected chi connectivity index (χ1v) is 11.8. The van der Waals surface area contributed by atoms with Crippen LogP contribution in [0.1, 0.15) is 29.8 Å². The Morgan fingerprint density at radius 2 is 1.70 bits per heavy atom. The van der Waals surface area contributed by atoms with Gasteiger partial charge in [0.2, 0.25) is 0 Å². The van der Waals surface area contributed by atoms with Crippen molar-refractivity contribution in [2.24, 2.45) is 0 Å². The first kappa shape index (κ1) is 25.0. The second-order valence-corrected chi connectivity index (χ2v) is 8.81. The number of aryl methyl sites for hydroxylation is 1. The van der Waals surface area contributed by atoms with Crippen LogP contribution in [0.3, 0.4) is 0 Å². The fraction of sp³-hybridized carbons (Fsp3) is 0.308. The molecule has 0 spiro atoms. The average molecular weight is 484 g/mol. The molecule has 0 radical (unpaired) electrons. The van der Waals surface area contributed by atoms with Gasteiger partial charge in [0.25, 0.3) is 5.91 Å². The Kier molecular flexibility index (Phi) is 8.30. The summed E-state index contributed by atoms with van der Waals surface area (Å²) >= 11 is 1.56. The van der Waals surface area contributed by atoms with E-state index in [4.69, 9.17) is 9.72 Å². The van der Waals surface area contributed by atoms with Crippen LogP contribution in [0, 0.1) is 6.92 Å². The number of fused-ring (bicyclic) bond motifs is 2. The molecule has 4 aromatic rings. The van der Waals surface area contributed by atoms with Crippen LogP contribution in [0.5, 0.6) is 5.75 Å². The van der Waals surface area contributed by atoms with Crippen LogP contribution < -0.4 is 9.64 Å². The van der Waals surface area contributed by atoms with E-state index in [0.717, 1.165) is 51.3 Å². The maximum Gasteiger partial charge on any atom is 0.263 e. The van der Waals surface area contributed by atoms with E-state index >= 15 is 0 Å². The van der Waals surface area contributed by atoms with Crippen molar-refractivity contribution in [1.82, 2.24) is 9.88 Å². The Balaban J connectivity index is 0.00000306. The van der Waals surface area contributed by atoms with E-state index in [1.54, 1.807) is 18.4 Å². The van der Waals surface area contributed by atoms with Crippen molar-refractivity contribution in [3.63, 3.8) is 0 Å². The summed E-state index contributed by atoms with van der Waals surface area (Å²) in [7, 11) is 1.61. The molecule has 1 amide bonds. The maximum atomic E-state index is 13.9. The molecule has 1 aromatic heterocycles. The minimum atomic E-state index is -0.0866. The number of aromatic nitrogens is 1. The second kappa shape index (κ2) is 11.0. The maximum absolute atomic E-state index is 13.9. The standard InChI is InChI=1S/C26H29N3O2S.ClH/c1-5-28(6-2)14-15-29(26-27-24-18(3)10-9-13-23(24)32-26)25(30)21-16-19-11-7-8-12-20(19)17-22(21)31-4;/h7-13,16-17H,5-6,14-15H2,1-4H3;1H. The number of amides is 1. The molecule has 0 bridgehead atoms. The Morgan fingerprint density at radius 1 is 1.00 bits per heavy atom. The molecule has 0 aliphatic carbocycles. The number of nitrogens with zero attached hydrogens (tertiary/aromatic N) is 3. The highest BCUT2D eigenvalue weighted by Crippen LogP contribution is 2.33. The highest BCUT2D eigenvalue weighted by atomic mass is 35.5. The number of halogens is 1. The molecule has 4 rings (SSSR count). The molecule has 174 valence electrons. The molecule has 0 N–H and O–H groups in total. The molecule has 1 heterocycles. The molecule has 0 aliphatic heterocycles. The topological polar surface area (TPSA) is 45.7 Å². The van der Waals surface area contributed by atoms with E-state index in [-0.39, 0.29) is 18.3 Å². The number of methoxy groups -OCH3 is 1. The van der Waals surface area contributed by atoms with Crippen molar-refractivity contribution in [2.45, 2.75) is 20.8 Å². The summed E-state index contributed by atoms with van der Waals surface area (Å²) in [6, 6.07) is 18.0. The van der Waals surface area contributed by atoms with Crippen molar-refractivity contribution < 1.29 is 9.53 Å². The normalized spacial score (nSPS) is 11.1. The van der Waals surface area contributed by atoms with Crippen molar-refractivity contribution in [3.8, 4) is 5.75 Å². The van der Waals surface area contributed by atoms with Gasteiger partial charge in [0.1, 0.15) is 5.75 Å². The number of hydrogen-bond donors (Lipinski definition) is 0. The van der Waals surface area contributed by atoms with Crippen LogP contribution in [0.4, 0.5) is 5.13 Å². The van der Waals surface area contributed by atoms with Crippen LogP contribution in [0.2, 0.25) is 0 Å². The zero-order valence-electron chi connectivity index (χ0n) is 19.5. The fourth-order valence-corrected chi connectivity index (χ4v) is 5.02. The zero-order valence-corrected chi connectivity index (χ0v) is 21.1. The van der Waals surface area contributed by atoms with Gasteiger partial charge in [-0.25, -0.2) is 4.98 Å². The minimum Gasteiger partial charge on any atom is -0.496 e. The molecule has 7 heteroatoms. The van der Waals surface area contributed by atoms with Gasteiger partial charge >= 0.3 is 0 Å². The van der Waals surface area contributed by atoms with Gasteiger partial charge in [-0.2, -0.15) is 0 Å². The Morgan fingerprint density at radius 3 is 2.33 bits per heavy atom. The summed E-state index contributed by atoms with van der Waals surface area (Å²) in [5.74, 6) is 0.496. The zero-order chi connectivity index (χ0) is 22.7. The van der Waals surface area contributed by atoms with Gasteiger partial charge in [-0.3, -0.25) is 9.69 Å². The van der Waals surface area contributed by atoms with Gasteiger partial charge in [0, 0.05) is 13.1 Å². The number of benzene rings is 3. The molecule has 33 heavy (non-hydrogen) atoms. The van der Waals surface area contributed by atoms with E-state index in [0.29, 0.717) is 17.9 Å². The van der Waals surface area contributed by atoms with Crippen LogP contribution in [0.25, 0.3) is 21.0 Å². The lowest BCUT2D eigenvalue weighted by Crippen LogP contribution is -2.39. The van der Waals surface area contributed by atoms with Gasteiger partial charge in [-0.15, -0.1) is 12.4 Å². The van der Waals surface area contributed by atoms with Gasteiger partial charge in [0.15, 0.2) is 5.13 Å². The van der Waals surface area contributed by atoms with Gasteiger partial charge < -0.3 is 9.64 Å². The lowest BCUT2D eigenvalue weighted by atomic mass is 10.0. The summed E-state index contributed by atoms with van der Waals surface area (Å²) in [4.78, 5) is 22.9. The summed E-state index contributed by atoms with van der Waals surface area (Å²) < 4.78 is 6.72. The van der Waals surface area contributed by atoms with Crippen molar-refractivity contribution >= 4 is 55.8 Å². The van der Waals surface area contributed by atoms with E-state index in [9.17, 15) is 4.79 Å². The van der Waals surface area contributed by atoms with E-state index < -0.39 is 0 Å². The lowest BCUT2D eigenvalue weighted by Gasteiger charge is -2.25. The van der Waals surface area contributed by atoms with Crippen molar-refractivity contribution in [3.05, 3.63) is 65.7 Å². The van der Waals surface area contributed by atoms with E-state index in [1.165, 1.54) is 0 Å². The fourth-order valence-electron chi connectivity index (χ4n) is 3.96. The highest BCUT2D eigenvalue weighted by Gasteiger charge is 2.25. The number of ether oxygens (including phenoxy) is 1. The van der Waals surface area contributed by atoms with Gasteiger partial charge in [-0.1, -0.05) is 61.6 Å². The number of rotatable bonds is 8. The van der Waals surface area contributed by atoms with Gasteiger partial charge in [-0.05, 0) is 54.5 Å². The molecule has 5 nitrogen and oxygen atoms in total. The Bertz CT molecular complexity index is 1250. The van der Waals surface area contributed by atoms with E-state index in [2.05, 4.69) is 37.8 Å². The first-order valence-electron chi connectivity index (χ1n) is 11.0. The van der Waals surface area contributed by atoms with Crippen LogP contribution in [-0.4, -0.2) is 49.1 Å². The Hall–Kier alpha value is -2.67. The number of hydrogen-bond acceptors (Lipinski definition) is 5. The predicted octanol–water partition coefficient (Wildman–Crippen LogP) is 6.18. The SMILES string of the molecule is CCN(CC)CCN(C(=O)c1cc2ccccc2cc1OC)c1nc2c(C)cccc2s1.Cl. The van der Waals surface area contributed by atoms with Crippen LogP contribution >= 0.6 is 23.7 Å². The summed E-state index contributed by atoms with van der Waals surface area (Å²) in [6.45, 7) is 9.57. The number of para-hydroxylation sites is 1. The quantitative estimate of drug-likeness (QED) is 0.300. The summed E-state index contributed by atoms with van der Waals surface area (Å²) in [5.41, 5.74) is 2.63. The summed E-state index contributed by atoms with van der Waals surface area (Å²) in [5, 5.41) is 2.79. The molecule has 0 saturated heterocycles. The number of thiazole rings is 1. The average Bonchev–Trinajstić information content (AvgIpc) is 3.26. The number of likely N-dealkylation sites (N-methyl/N-ethyl adjacent to an activating group) is 1. The van der Waals surface area contributed by atoms with Gasteiger partial charge in [0.05, 0.1) is 22.9 Å². The smallest absolute Gasteiger partial charge is 0.263 e. The number of anilines is 1. The third-order valence-corrected chi connectivity index (χ3v) is 6.96. The first-order chi connectivity index (χ1) is 15.5.